The van der Waals surface area contributed by atoms with E-state index in [0.29, 0.717) is 17.4 Å². The van der Waals surface area contributed by atoms with Gasteiger partial charge in [-0.15, -0.1) is 6.58 Å². The zero-order chi connectivity index (χ0) is 12.0. The van der Waals surface area contributed by atoms with Crippen LogP contribution in [-0.4, -0.2) is 28.7 Å². The molecule has 16 heavy (non-hydrogen) atoms. The number of rotatable bonds is 4. The first-order valence-electron chi connectivity index (χ1n) is 6.01. The van der Waals surface area contributed by atoms with E-state index in [1.54, 1.807) is 0 Å². The van der Waals surface area contributed by atoms with Crippen molar-refractivity contribution in [1.82, 2.24) is 0 Å². The number of halogens is 1. The number of ether oxygens (including phenoxy) is 2. The quantitative estimate of drug-likeness (QED) is 0.584. The zero-order valence-corrected chi connectivity index (χ0v) is 11.9. The maximum Gasteiger partial charge on any atom is 0.0936 e. The normalized spacial score (nSPS) is 46.6. The molecule has 2 rings (SSSR count). The smallest absolute Gasteiger partial charge is 0.0936 e. The van der Waals surface area contributed by atoms with Gasteiger partial charge in [0.05, 0.1) is 23.9 Å². The molecule has 0 amide bonds. The lowest BCUT2D eigenvalue weighted by atomic mass is 9.75. The van der Waals surface area contributed by atoms with E-state index in [-0.39, 0.29) is 17.3 Å². The van der Waals surface area contributed by atoms with Crippen LogP contribution in [0.4, 0.5) is 0 Å². The van der Waals surface area contributed by atoms with Crippen molar-refractivity contribution in [3.8, 4) is 0 Å². The van der Waals surface area contributed by atoms with E-state index < -0.39 is 0 Å². The molecular weight excluding hydrogens is 268 g/mol. The molecule has 0 aromatic rings. The van der Waals surface area contributed by atoms with Crippen molar-refractivity contribution in [2.24, 2.45) is 5.92 Å². The number of hydrogen-bond acceptors (Lipinski definition) is 2. The van der Waals surface area contributed by atoms with Crippen LogP contribution in [0.3, 0.4) is 0 Å². The van der Waals surface area contributed by atoms with E-state index >= 15 is 0 Å². The molecule has 0 spiro atoms. The van der Waals surface area contributed by atoms with Gasteiger partial charge in [-0.1, -0.05) is 35.9 Å². The lowest BCUT2D eigenvalue weighted by Crippen LogP contribution is -2.45. The van der Waals surface area contributed by atoms with Crippen molar-refractivity contribution in [3.63, 3.8) is 0 Å². The molecule has 2 heterocycles. The standard InChI is InChI=1S/C13H21BrO2/c1-5-6-15-11-8-13(9(2)3)10(14)7-12(11,4)16-13/h5,9-11H,1,6-8H2,2-4H3/t10-,11+,12-,13+/m0/s1. The minimum Gasteiger partial charge on any atom is -0.371 e. The Labute approximate surface area is 107 Å². The predicted molar refractivity (Wildman–Crippen MR) is 68.9 cm³/mol. The molecule has 0 radical (unpaired) electrons. The molecule has 92 valence electrons. The average Bonchev–Trinajstić information content (AvgIpc) is 2.63. The van der Waals surface area contributed by atoms with Crippen LogP contribution in [0.25, 0.3) is 0 Å². The largest absolute Gasteiger partial charge is 0.371 e. The topological polar surface area (TPSA) is 18.5 Å². The van der Waals surface area contributed by atoms with E-state index in [4.69, 9.17) is 9.47 Å². The second-order valence-corrected chi connectivity index (χ2v) is 6.62. The highest BCUT2D eigenvalue weighted by Gasteiger charge is 2.65. The van der Waals surface area contributed by atoms with Crippen LogP contribution in [-0.2, 0) is 9.47 Å². The summed E-state index contributed by atoms with van der Waals surface area (Å²) < 4.78 is 12.2. The Balaban J connectivity index is 2.17. The summed E-state index contributed by atoms with van der Waals surface area (Å²) in [6.07, 6.45) is 4.04. The maximum atomic E-state index is 6.32. The third-order valence-corrected chi connectivity index (χ3v) is 5.21. The molecule has 4 atom stereocenters. The third kappa shape index (κ3) is 1.68. The fourth-order valence-electron chi connectivity index (χ4n) is 3.08. The van der Waals surface area contributed by atoms with Crippen molar-refractivity contribution in [2.45, 2.75) is 55.7 Å². The molecule has 0 N–H and O–H groups in total. The highest BCUT2D eigenvalue weighted by atomic mass is 79.9. The molecule has 0 aromatic carbocycles. The molecule has 2 aliphatic heterocycles. The summed E-state index contributed by atoms with van der Waals surface area (Å²) in [5, 5.41) is 0. The monoisotopic (exact) mass is 288 g/mol. The van der Waals surface area contributed by atoms with Crippen LogP contribution in [0, 0.1) is 5.92 Å². The van der Waals surface area contributed by atoms with Gasteiger partial charge in [-0.25, -0.2) is 0 Å². The second-order valence-electron chi connectivity index (χ2n) is 5.51. The van der Waals surface area contributed by atoms with Gasteiger partial charge in [0.1, 0.15) is 0 Å². The summed E-state index contributed by atoms with van der Waals surface area (Å²) in [6.45, 7) is 11.0. The highest BCUT2D eigenvalue weighted by Crippen LogP contribution is 2.57. The Morgan fingerprint density at radius 3 is 2.75 bits per heavy atom. The zero-order valence-electron chi connectivity index (χ0n) is 10.3. The van der Waals surface area contributed by atoms with E-state index in [1.165, 1.54) is 0 Å². The maximum absolute atomic E-state index is 6.32. The van der Waals surface area contributed by atoms with E-state index in [0.717, 1.165) is 12.8 Å². The summed E-state index contributed by atoms with van der Waals surface area (Å²) >= 11 is 3.78. The lowest BCUT2D eigenvalue weighted by molar-refractivity contribution is -0.0892. The summed E-state index contributed by atoms with van der Waals surface area (Å²) in [7, 11) is 0. The molecule has 2 saturated heterocycles. The van der Waals surface area contributed by atoms with Gasteiger partial charge in [0.25, 0.3) is 0 Å². The van der Waals surface area contributed by atoms with Crippen LogP contribution < -0.4 is 0 Å². The van der Waals surface area contributed by atoms with Crippen LogP contribution >= 0.6 is 15.9 Å². The minimum atomic E-state index is -0.124. The highest BCUT2D eigenvalue weighted by molar-refractivity contribution is 9.09. The third-order valence-electron chi connectivity index (χ3n) is 4.12. The van der Waals surface area contributed by atoms with Crippen LogP contribution in [0.5, 0.6) is 0 Å². The van der Waals surface area contributed by atoms with Crippen molar-refractivity contribution < 1.29 is 9.47 Å². The summed E-state index contributed by atoms with van der Waals surface area (Å²) in [5.41, 5.74) is -0.165. The Morgan fingerprint density at radius 2 is 2.25 bits per heavy atom. The lowest BCUT2D eigenvalue weighted by Gasteiger charge is -2.35. The molecule has 0 aliphatic carbocycles. The first kappa shape index (κ1) is 12.6. The predicted octanol–water partition coefficient (Wildman–Crippen LogP) is 3.30. The number of alkyl halides is 1. The first-order valence-corrected chi connectivity index (χ1v) is 6.93. The van der Waals surface area contributed by atoms with E-state index in [9.17, 15) is 0 Å². The molecule has 2 fully saturated rings. The minimum absolute atomic E-state index is 0.0411. The van der Waals surface area contributed by atoms with Gasteiger partial charge in [-0.3, -0.25) is 0 Å². The van der Waals surface area contributed by atoms with Crippen LogP contribution in [0.15, 0.2) is 12.7 Å². The van der Waals surface area contributed by atoms with E-state index in [1.807, 2.05) is 6.08 Å². The average molecular weight is 289 g/mol. The second kappa shape index (κ2) is 4.11. The molecule has 2 nitrogen and oxygen atoms in total. The van der Waals surface area contributed by atoms with Gasteiger partial charge in [-0.2, -0.15) is 0 Å². The Bertz CT molecular complexity index is 292. The molecule has 3 heteroatoms. The Kier molecular flexibility index (Phi) is 3.23. The fourth-order valence-corrected chi connectivity index (χ4v) is 4.53. The van der Waals surface area contributed by atoms with E-state index in [2.05, 4.69) is 43.3 Å². The van der Waals surface area contributed by atoms with Gasteiger partial charge < -0.3 is 9.47 Å². The van der Waals surface area contributed by atoms with Gasteiger partial charge in [0, 0.05) is 11.2 Å². The summed E-state index contributed by atoms with van der Waals surface area (Å²) in [6, 6.07) is 0. The van der Waals surface area contributed by atoms with Crippen LogP contribution in [0.1, 0.15) is 33.6 Å². The summed E-state index contributed by atoms with van der Waals surface area (Å²) in [5.74, 6) is 0.510. The SMILES string of the molecule is C=CCO[C@@H]1C[C@]2(C(C)C)O[C@@]1(C)C[C@@H]2Br. The molecule has 2 aliphatic rings. The van der Waals surface area contributed by atoms with Crippen molar-refractivity contribution in [1.29, 1.82) is 0 Å². The molecule has 0 aromatic heterocycles. The first-order chi connectivity index (χ1) is 7.44. The van der Waals surface area contributed by atoms with Crippen LogP contribution in [0.2, 0.25) is 0 Å². The number of hydrogen-bond donors (Lipinski definition) is 0. The molecule has 0 saturated carbocycles. The van der Waals surface area contributed by atoms with Crippen molar-refractivity contribution in [3.05, 3.63) is 12.7 Å². The Hall–Kier alpha value is 0.140. The molecule has 0 unspecified atom stereocenters. The fraction of sp³-hybridized carbons (Fsp3) is 0.846. The van der Waals surface area contributed by atoms with Crippen molar-refractivity contribution >= 4 is 15.9 Å². The van der Waals surface area contributed by atoms with Gasteiger partial charge in [0.15, 0.2) is 0 Å². The Morgan fingerprint density at radius 1 is 1.56 bits per heavy atom. The molecule has 2 bridgehead atoms. The summed E-state index contributed by atoms with van der Waals surface area (Å²) in [4.78, 5) is 0.452. The van der Waals surface area contributed by atoms with Crippen molar-refractivity contribution in [2.75, 3.05) is 6.61 Å². The van der Waals surface area contributed by atoms with Gasteiger partial charge in [0.2, 0.25) is 0 Å². The molecular formula is C13H21BrO2. The number of fused-ring (bicyclic) bond motifs is 2. The van der Waals surface area contributed by atoms with Gasteiger partial charge in [-0.05, 0) is 19.3 Å². The van der Waals surface area contributed by atoms with Gasteiger partial charge >= 0.3 is 0 Å².